The number of carbonyl (C=O) groups excluding carboxylic acids is 1. The van der Waals surface area contributed by atoms with Crippen molar-refractivity contribution in [3.63, 3.8) is 0 Å². The third kappa shape index (κ3) is 5.37. The smallest absolute Gasteiger partial charge is 0.224 e. The number of carbonyl (C=O) groups is 1. The van der Waals surface area contributed by atoms with E-state index >= 15 is 0 Å². The SMILES string of the molecule is CCOC(CCCNC(=O)Cc1c[nH]c2ccccc12)OCC. The number of amides is 1. The third-order valence-electron chi connectivity index (χ3n) is 3.67. The van der Waals surface area contributed by atoms with Crippen LogP contribution in [0, 0.1) is 0 Å². The van der Waals surface area contributed by atoms with E-state index in [4.69, 9.17) is 9.47 Å². The first-order chi connectivity index (χ1) is 11.2. The van der Waals surface area contributed by atoms with Gasteiger partial charge in [0.2, 0.25) is 5.91 Å². The van der Waals surface area contributed by atoms with Gasteiger partial charge in [-0.25, -0.2) is 0 Å². The Balaban J connectivity index is 1.73. The second kappa shape index (κ2) is 9.33. The molecule has 0 saturated carbocycles. The molecule has 0 spiro atoms. The van der Waals surface area contributed by atoms with Crippen LogP contribution in [0.2, 0.25) is 0 Å². The number of aromatic nitrogens is 1. The molecule has 2 rings (SSSR count). The number of benzene rings is 1. The Morgan fingerprint density at radius 3 is 2.70 bits per heavy atom. The lowest BCUT2D eigenvalue weighted by atomic mass is 10.1. The first-order valence-electron chi connectivity index (χ1n) is 8.29. The zero-order valence-electron chi connectivity index (χ0n) is 13.9. The monoisotopic (exact) mass is 318 g/mol. The molecule has 0 atom stereocenters. The van der Waals surface area contributed by atoms with Crippen LogP contribution in [0.1, 0.15) is 32.3 Å². The summed E-state index contributed by atoms with van der Waals surface area (Å²) in [6.07, 6.45) is 3.75. The number of rotatable bonds is 10. The van der Waals surface area contributed by atoms with Crippen LogP contribution in [-0.2, 0) is 20.7 Å². The van der Waals surface area contributed by atoms with Crippen LogP contribution >= 0.6 is 0 Å². The molecule has 0 unspecified atom stereocenters. The highest BCUT2D eigenvalue weighted by Crippen LogP contribution is 2.17. The van der Waals surface area contributed by atoms with Gasteiger partial charge in [0.15, 0.2) is 6.29 Å². The molecule has 0 aliphatic heterocycles. The fraction of sp³-hybridized carbons (Fsp3) is 0.500. The highest BCUT2D eigenvalue weighted by Gasteiger charge is 2.10. The average molecular weight is 318 g/mol. The van der Waals surface area contributed by atoms with Gasteiger partial charge >= 0.3 is 0 Å². The number of hydrogen-bond acceptors (Lipinski definition) is 3. The fourth-order valence-electron chi connectivity index (χ4n) is 2.60. The van der Waals surface area contributed by atoms with Crippen molar-refractivity contribution in [3.8, 4) is 0 Å². The molecular weight excluding hydrogens is 292 g/mol. The second-order valence-electron chi connectivity index (χ2n) is 5.37. The molecule has 2 aromatic rings. The lowest BCUT2D eigenvalue weighted by molar-refractivity contribution is -0.140. The van der Waals surface area contributed by atoms with Crippen molar-refractivity contribution in [2.45, 2.75) is 39.4 Å². The van der Waals surface area contributed by atoms with Crippen molar-refractivity contribution in [3.05, 3.63) is 36.0 Å². The number of H-pyrrole nitrogens is 1. The van der Waals surface area contributed by atoms with Gasteiger partial charge in [-0.15, -0.1) is 0 Å². The molecule has 1 amide bonds. The van der Waals surface area contributed by atoms with E-state index in [2.05, 4.69) is 10.3 Å². The van der Waals surface area contributed by atoms with Gasteiger partial charge in [0.1, 0.15) is 0 Å². The first kappa shape index (κ1) is 17.5. The van der Waals surface area contributed by atoms with E-state index in [-0.39, 0.29) is 12.2 Å². The summed E-state index contributed by atoms with van der Waals surface area (Å²) < 4.78 is 11.0. The van der Waals surface area contributed by atoms with E-state index in [1.165, 1.54) is 0 Å². The predicted octanol–water partition coefficient (Wildman–Crippen LogP) is 3.01. The maximum Gasteiger partial charge on any atom is 0.224 e. The number of nitrogens with one attached hydrogen (secondary N) is 2. The molecule has 5 heteroatoms. The number of hydrogen-bond donors (Lipinski definition) is 2. The zero-order chi connectivity index (χ0) is 16.5. The molecule has 1 heterocycles. The largest absolute Gasteiger partial charge is 0.361 e. The molecule has 0 aliphatic carbocycles. The normalized spacial score (nSPS) is 11.3. The summed E-state index contributed by atoms with van der Waals surface area (Å²) in [6, 6.07) is 8.01. The molecule has 0 saturated heterocycles. The van der Waals surface area contributed by atoms with Crippen LogP contribution < -0.4 is 5.32 Å². The summed E-state index contributed by atoms with van der Waals surface area (Å²) >= 11 is 0. The summed E-state index contributed by atoms with van der Waals surface area (Å²) in [7, 11) is 0. The van der Waals surface area contributed by atoms with E-state index in [0.717, 1.165) is 29.3 Å². The molecule has 0 radical (unpaired) electrons. The quantitative estimate of drug-likeness (QED) is 0.523. The van der Waals surface area contributed by atoms with E-state index in [1.54, 1.807) is 0 Å². The van der Waals surface area contributed by atoms with Gasteiger partial charge in [-0.1, -0.05) is 18.2 Å². The first-order valence-corrected chi connectivity index (χ1v) is 8.29. The highest BCUT2D eigenvalue weighted by molar-refractivity contribution is 5.88. The minimum atomic E-state index is -0.171. The molecule has 23 heavy (non-hydrogen) atoms. The van der Waals surface area contributed by atoms with Crippen molar-refractivity contribution < 1.29 is 14.3 Å². The summed E-state index contributed by atoms with van der Waals surface area (Å²) in [5, 5.41) is 4.07. The van der Waals surface area contributed by atoms with E-state index < -0.39 is 0 Å². The van der Waals surface area contributed by atoms with Crippen LogP contribution in [0.25, 0.3) is 10.9 Å². The average Bonchev–Trinajstić information content (AvgIpc) is 2.95. The Kier molecular flexibility index (Phi) is 7.10. The summed E-state index contributed by atoms with van der Waals surface area (Å²) in [5.41, 5.74) is 2.09. The summed E-state index contributed by atoms with van der Waals surface area (Å²) in [4.78, 5) is 15.3. The lowest BCUT2D eigenvalue weighted by Crippen LogP contribution is -2.27. The Labute approximate surface area is 137 Å². The summed E-state index contributed by atoms with van der Waals surface area (Å²) in [6.45, 7) is 5.82. The molecule has 0 aliphatic rings. The van der Waals surface area contributed by atoms with Gasteiger partial charge in [0, 0.05) is 43.3 Å². The van der Waals surface area contributed by atoms with Crippen molar-refractivity contribution in [2.75, 3.05) is 19.8 Å². The van der Waals surface area contributed by atoms with E-state index in [1.807, 2.05) is 44.3 Å². The molecule has 5 nitrogen and oxygen atoms in total. The van der Waals surface area contributed by atoms with Crippen molar-refractivity contribution in [1.29, 1.82) is 0 Å². The van der Waals surface area contributed by atoms with Crippen molar-refractivity contribution >= 4 is 16.8 Å². The third-order valence-corrected chi connectivity index (χ3v) is 3.67. The van der Waals surface area contributed by atoms with Crippen LogP contribution in [0.15, 0.2) is 30.5 Å². The van der Waals surface area contributed by atoms with Crippen LogP contribution in [0.4, 0.5) is 0 Å². The van der Waals surface area contributed by atoms with E-state index in [9.17, 15) is 4.79 Å². The molecular formula is C18H26N2O3. The van der Waals surface area contributed by atoms with Crippen LogP contribution in [-0.4, -0.2) is 36.9 Å². The maximum absolute atomic E-state index is 12.1. The number of fused-ring (bicyclic) bond motifs is 1. The minimum absolute atomic E-state index is 0.0409. The zero-order valence-corrected chi connectivity index (χ0v) is 13.9. The molecule has 2 N–H and O–H groups in total. The predicted molar refractivity (Wildman–Crippen MR) is 91.3 cm³/mol. The van der Waals surface area contributed by atoms with Gasteiger partial charge in [0.05, 0.1) is 6.42 Å². The van der Waals surface area contributed by atoms with Gasteiger partial charge in [-0.2, -0.15) is 0 Å². The number of para-hydroxylation sites is 1. The van der Waals surface area contributed by atoms with Crippen LogP contribution in [0.3, 0.4) is 0 Å². The standard InChI is InChI=1S/C18H26N2O3/c1-3-22-18(23-4-2)10-7-11-19-17(21)12-14-13-20-16-9-6-5-8-15(14)16/h5-6,8-9,13,18,20H,3-4,7,10-12H2,1-2H3,(H,19,21). The number of ether oxygens (including phenoxy) is 2. The van der Waals surface area contributed by atoms with E-state index in [0.29, 0.717) is 26.2 Å². The molecule has 126 valence electrons. The van der Waals surface area contributed by atoms with Crippen LogP contribution in [0.5, 0.6) is 0 Å². The second-order valence-corrected chi connectivity index (χ2v) is 5.37. The maximum atomic E-state index is 12.1. The Morgan fingerprint density at radius 1 is 1.22 bits per heavy atom. The molecule has 0 fully saturated rings. The van der Waals surface area contributed by atoms with Crippen molar-refractivity contribution in [1.82, 2.24) is 10.3 Å². The van der Waals surface area contributed by atoms with Gasteiger partial charge < -0.3 is 19.8 Å². The van der Waals surface area contributed by atoms with Gasteiger partial charge in [0.25, 0.3) is 0 Å². The Morgan fingerprint density at radius 2 is 1.96 bits per heavy atom. The van der Waals surface area contributed by atoms with Crippen molar-refractivity contribution in [2.24, 2.45) is 0 Å². The molecule has 1 aromatic carbocycles. The lowest BCUT2D eigenvalue weighted by Gasteiger charge is -2.16. The van der Waals surface area contributed by atoms with Gasteiger partial charge in [-0.3, -0.25) is 4.79 Å². The minimum Gasteiger partial charge on any atom is -0.361 e. The fourth-order valence-corrected chi connectivity index (χ4v) is 2.60. The Hall–Kier alpha value is -1.85. The number of aromatic amines is 1. The topological polar surface area (TPSA) is 63.3 Å². The Bertz CT molecular complexity index is 603. The summed E-state index contributed by atoms with van der Waals surface area (Å²) in [5.74, 6) is 0.0409. The highest BCUT2D eigenvalue weighted by atomic mass is 16.7. The molecule has 1 aromatic heterocycles. The van der Waals surface area contributed by atoms with Gasteiger partial charge in [-0.05, 0) is 31.9 Å². The molecule has 0 bridgehead atoms.